The summed E-state index contributed by atoms with van der Waals surface area (Å²) >= 11 is 12.6. The summed E-state index contributed by atoms with van der Waals surface area (Å²) in [5.41, 5.74) is 7.16. The maximum Gasteiger partial charge on any atom is 0.255 e. The molecule has 0 aromatic heterocycles. The molecule has 0 saturated carbocycles. The minimum atomic E-state index is -0.610. The molecule has 3 N–H and O–H groups in total. The van der Waals surface area contributed by atoms with Gasteiger partial charge in [-0.3, -0.25) is 4.79 Å². The van der Waals surface area contributed by atoms with Crippen molar-refractivity contribution in [1.82, 2.24) is 0 Å². The van der Waals surface area contributed by atoms with Crippen molar-refractivity contribution in [2.75, 3.05) is 6.61 Å². The third-order valence-corrected chi connectivity index (χ3v) is 4.78. The van der Waals surface area contributed by atoms with Crippen molar-refractivity contribution in [2.24, 2.45) is 5.73 Å². The fourth-order valence-corrected chi connectivity index (χ4v) is 3.38. The Morgan fingerprint density at radius 2 is 1.71 bits per heavy atom. The largest absolute Gasteiger partial charge is 0.507 e. The molecule has 0 heterocycles. The van der Waals surface area contributed by atoms with Gasteiger partial charge in [-0.1, -0.05) is 47.5 Å². The lowest BCUT2D eigenvalue weighted by Gasteiger charge is -2.13. The van der Waals surface area contributed by atoms with Crippen molar-refractivity contribution in [3.05, 3.63) is 81.6 Å². The number of hydrogen-bond acceptors (Lipinski definition) is 3. The zero-order chi connectivity index (χ0) is 20.3. The van der Waals surface area contributed by atoms with Gasteiger partial charge >= 0.3 is 0 Å². The molecule has 0 saturated heterocycles. The second-order valence-electron chi connectivity index (χ2n) is 6.13. The van der Waals surface area contributed by atoms with Crippen LogP contribution in [0.4, 0.5) is 4.39 Å². The molecule has 0 unspecified atom stereocenters. The quantitative estimate of drug-likeness (QED) is 0.592. The second-order valence-corrected chi connectivity index (χ2v) is 6.94. The van der Waals surface area contributed by atoms with Crippen molar-refractivity contribution in [1.29, 1.82) is 0 Å². The van der Waals surface area contributed by atoms with Crippen LogP contribution in [-0.4, -0.2) is 17.6 Å². The fourth-order valence-electron chi connectivity index (χ4n) is 2.78. The lowest BCUT2D eigenvalue weighted by molar-refractivity contribution is -0.119. The predicted molar refractivity (Wildman–Crippen MR) is 107 cm³/mol. The Morgan fingerprint density at radius 3 is 2.36 bits per heavy atom. The number of nitrogens with two attached hydrogens (primary N) is 1. The first-order valence-corrected chi connectivity index (χ1v) is 9.06. The lowest BCUT2D eigenvalue weighted by atomic mass is 9.98. The van der Waals surface area contributed by atoms with Gasteiger partial charge in [-0.2, -0.15) is 0 Å². The molecule has 144 valence electrons. The van der Waals surface area contributed by atoms with Crippen LogP contribution in [0.15, 0.2) is 54.6 Å². The normalized spacial score (nSPS) is 10.7. The number of carbonyl (C=O) groups excluding carboxylic acids is 1. The molecule has 1 amide bonds. The molecule has 0 aliphatic heterocycles. The van der Waals surface area contributed by atoms with E-state index in [1.807, 2.05) is 0 Å². The van der Waals surface area contributed by atoms with E-state index in [9.17, 15) is 14.3 Å². The molecule has 4 nitrogen and oxygen atoms in total. The molecule has 0 spiro atoms. The van der Waals surface area contributed by atoms with E-state index in [2.05, 4.69) is 0 Å². The van der Waals surface area contributed by atoms with E-state index in [1.165, 1.54) is 12.1 Å². The van der Waals surface area contributed by atoms with Gasteiger partial charge in [0.15, 0.2) is 6.61 Å². The number of phenolic OH excluding ortho intramolecular Hbond substituents is 1. The van der Waals surface area contributed by atoms with E-state index >= 15 is 0 Å². The number of rotatable bonds is 6. The van der Waals surface area contributed by atoms with Crippen LogP contribution in [0.3, 0.4) is 0 Å². The average molecular weight is 420 g/mol. The van der Waals surface area contributed by atoms with Gasteiger partial charge in [-0.05, 0) is 41.5 Å². The van der Waals surface area contributed by atoms with Crippen LogP contribution in [0.1, 0.15) is 11.1 Å². The smallest absolute Gasteiger partial charge is 0.255 e. The van der Waals surface area contributed by atoms with Crippen LogP contribution in [0.5, 0.6) is 11.5 Å². The minimum absolute atomic E-state index is 0.0266. The summed E-state index contributed by atoms with van der Waals surface area (Å²) in [5.74, 6) is -0.736. The maximum atomic E-state index is 14.1. The molecule has 3 rings (SSSR count). The molecular formula is C21H16Cl2FNO3. The highest BCUT2D eigenvalue weighted by atomic mass is 35.5. The van der Waals surface area contributed by atoms with E-state index in [0.717, 1.165) is 5.56 Å². The first-order chi connectivity index (χ1) is 13.3. The van der Waals surface area contributed by atoms with Crippen LogP contribution in [0, 0.1) is 5.82 Å². The fraction of sp³-hybridized carbons (Fsp3) is 0.0952. The first-order valence-electron chi connectivity index (χ1n) is 8.31. The van der Waals surface area contributed by atoms with Gasteiger partial charge in [0.05, 0.1) is 0 Å². The molecule has 3 aromatic carbocycles. The van der Waals surface area contributed by atoms with Gasteiger partial charge in [-0.15, -0.1) is 0 Å². The molecule has 7 heteroatoms. The molecule has 0 aliphatic carbocycles. The topological polar surface area (TPSA) is 72.6 Å². The summed E-state index contributed by atoms with van der Waals surface area (Å²) in [6.07, 6.45) is 0.357. The van der Waals surface area contributed by atoms with Gasteiger partial charge in [-0.25, -0.2) is 4.39 Å². The molecule has 0 bridgehead atoms. The molecule has 0 radical (unpaired) electrons. The van der Waals surface area contributed by atoms with Crippen molar-refractivity contribution in [3.63, 3.8) is 0 Å². The first kappa shape index (κ1) is 20.0. The Bertz CT molecular complexity index is 1020. The van der Waals surface area contributed by atoms with E-state index in [4.69, 9.17) is 33.7 Å². The Hall–Kier alpha value is -2.76. The molecule has 3 aromatic rings. The summed E-state index contributed by atoms with van der Waals surface area (Å²) in [6.45, 7) is -0.282. The number of ether oxygens (including phenoxy) is 1. The highest BCUT2D eigenvalue weighted by Gasteiger charge is 2.14. The predicted octanol–water partition coefficient (Wildman–Crippen LogP) is 4.96. The van der Waals surface area contributed by atoms with Crippen molar-refractivity contribution in [3.8, 4) is 22.6 Å². The van der Waals surface area contributed by atoms with E-state index in [-0.39, 0.29) is 12.4 Å². The zero-order valence-corrected chi connectivity index (χ0v) is 16.1. The average Bonchev–Trinajstić information content (AvgIpc) is 2.65. The van der Waals surface area contributed by atoms with E-state index in [0.29, 0.717) is 38.9 Å². The Balaban J connectivity index is 1.91. The molecule has 0 aliphatic rings. The van der Waals surface area contributed by atoms with Crippen molar-refractivity contribution >= 4 is 29.1 Å². The second kappa shape index (κ2) is 8.50. The lowest BCUT2D eigenvalue weighted by Crippen LogP contribution is -2.20. The summed E-state index contributed by atoms with van der Waals surface area (Å²) in [7, 11) is 0. The number of hydrogen-bond donors (Lipinski definition) is 2. The summed E-state index contributed by atoms with van der Waals surface area (Å²) in [5, 5.41) is 10.9. The molecular weight excluding hydrogens is 404 g/mol. The highest BCUT2D eigenvalue weighted by molar-refractivity contribution is 6.36. The molecule has 0 fully saturated rings. The van der Waals surface area contributed by atoms with E-state index < -0.39 is 11.7 Å². The number of carbonyl (C=O) groups is 1. The zero-order valence-electron chi connectivity index (χ0n) is 14.6. The third kappa shape index (κ3) is 4.55. The minimum Gasteiger partial charge on any atom is -0.507 e. The molecule has 0 atom stereocenters. The Labute approximate surface area is 171 Å². The summed E-state index contributed by atoms with van der Waals surface area (Å²) < 4.78 is 19.3. The van der Waals surface area contributed by atoms with E-state index in [1.54, 1.807) is 42.5 Å². The standard InChI is InChI=1S/C21H16Cl2FNO3/c22-17-9-13(28-11-21(25)27)10-18(23)16(17)8-12-5-6-20(26)15(7-12)14-3-1-2-4-19(14)24/h1-7,9-10,26H,8,11H2,(H2,25,27). The highest BCUT2D eigenvalue weighted by Crippen LogP contribution is 2.35. The monoisotopic (exact) mass is 419 g/mol. The molecule has 28 heavy (non-hydrogen) atoms. The number of halogens is 3. The SMILES string of the molecule is NC(=O)COc1cc(Cl)c(Cc2ccc(O)c(-c3ccccc3F)c2)c(Cl)c1. The Morgan fingerprint density at radius 1 is 1.04 bits per heavy atom. The van der Waals surface area contributed by atoms with Crippen LogP contribution < -0.4 is 10.5 Å². The summed E-state index contributed by atoms with van der Waals surface area (Å²) in [4.78, 5) is 10.8. The summed E-state index contributed by atoms with van der Waals surface area (Å²) in [6, 6.07) is 14.2. The third-order valence-electron chi connectivity index (χ3n) is 4.10. The number of primary amides is 1. The Kier molecular flexibility index (Phi) is 6.07. The maximum absolute atomic E-state index is 14.1. The van der Waals surface area contributed by atoms with Gasteiger partial charge in [0.25, 0.3) is 5.91 Å². The van der Waals surface area contributed by atoms with Gasteiger partial charge in [0.2, 0.25) is 0 Å². The van der Waals surface area contributed by atoms with Crippen LogP contribution in [-0.2, 0) is 11.2 Å². The number of aromatic hydroxyl groups is 1. The van der Waals surface area contributed by atoms with Crippen LogP contribution in [0.25, 0.3) is 11.1 Å². The van der Waals surface area contributed by atoms with Gasteiger partial charge in [0.1, 0.15) is 17.3 Å². The van der Waals surface area contributed by atoms with Crippen molar-refractivity contribution in [2.45, 2.75) is 6.42 Å². The van der Waals surface area contributed by atoms with Gasteiger partial charge < -0.3 is 15.6 Å². The van der Waals surface area contributed by atoms with Crippen molar-refractivity contribution < 1.29 is 19.0 Å². The number of phenols is 1. The van der Waals surface area contributed by atoms with Crippen LogP contribution in [0.2, 0.25) is 10.0 Å². The van der Waals surface area contributed by atoms with Gasteiger partial charge in [0, 0.05) is 27.6 Å². The number of benzene rings is 3. The van der Waals surface area contributed by atoms with Crippen LogP contribution >= 0.6 is 23.2 Å². The number of amides is 1.